The lowest BCUT2D eigenvalue weighted by Crippen LogP contribution is -2.32. The highest BCUT2D eigenvalue weighted by Crippen LogP contribution is 2.16. The zero-order valence-corrected chi connectivity index (χ0v) is 50.6. The van der Waals surface area contributed by atoms with Crippen molar-refractivity contribution >= 4 is 87.5 Å². The minimum Gasteiger partial charge on any atom is -0.469 e. The third kappa shape index (κ3) is 82.0. The summed E-state index contributed by atoms with van der Waals surface area (Å²) >= 11 is 0. The van der Waals surface area contributed by atoms with Crippen molar-refractivity contribution in [1.82, 2.24) is 0 Å². The van der Waals surface area contributed by atoms with Gasteiger partial charge in [-0.05, 0) is 57.8 Å². The summed E-state index contributed by atoms with van der Waals surface area (Å²) in [5.41, 5.74) is 9.82. The largest absolute Gasteiger partial charge is 0.469 e. The summed E-state index contributed by atoms with van der Waals surface area (Å²) in [6.07, 6.45) is 16.3. The van der Waals surface area contributed by atoms with Gasteiger partial charge in [0.05, 0.1) is 41.5 Å². The van der Waals surface area contributed by atoms with Gasteiger partial charge in [-0.3, -0.25) is 33.1 Å². The quantitative estimate of drug-likeness (QED) is 0.0435. The second-order valence-corrected chi connectivity index (χ2v) is 18.7. The molecule has 28 nitrogen and oxygen atoms in total. The zero-order valence-electron chi connectivity index (χ0n) is 46.5. The second kappa shape index (κ2) is 65.9. The van der Waals surface area contributed by atoms with Crippen molar-refractivity contribution in [3.8, 4) is 0 Å². The van der Waals surface area contributed by atoms with Gasteiger partial charge in [-0.2, -0.15) is 25.3 Å². The normalized spacial score (nSPS) is 11.0. The lowest BCUT2D eigenvalue weighted by Gasteiger charge is -2.11. The highest BCUT2D eigenvalue weighted by molar-refractivity contribution is 7.87. The number of carbonyl (C=O) groups is 6. The van der Waals surface area contributed by atoms with E-state index < -0.39 is 74.3 Å². The summed E-state index contributed by atoms with van der Waals surface area (Å²) in [7, 11) is -13.8. The van der Waals surface area contributed by atoms with Crippen LogP contribution in [0.3, 0.4) is 0 Å². The predicted octanol–water partition coefficient (Wildman–Crippen LogP) is 3.97. The standard InChI is InChI=1S/C12H20O.C9H16O2.C5H10O8S2.C5H10O5S.2C4H8O2.2C3H7N.2O3S/c1-4-7-9-11(6-3)12(13)10-8-5-2;1-4-6-7-8(5-2)9(10)11-3;1-3-4(14(7,8)9)5(6)13-15(10,11)12-2;1-3-4(5(6)10-2)11(7,8)9;2*1-3-4(5)6-2;2*1-2-3-4;2*1-4(2)3/h4-5,11H,1-2,6-10H2,3H3;4,8H,1,5-7H2,2-3H3;4H,3H2,1-2H3,(H,7,8,9);4H,3H2,1-2H3,(H,7,8,9);2*3H2,1-2H3;2*2H,1,3-4H2;;. The van der Waals surface area contributed by atoms with Crippen LogP contribution in [0, 0.1) is 11.8 Å². The van der Waals surface area contributed by atoms with E-state index in [9.17, 15) is 54.0 Å². The van der Waals surface area contributed by atoms with E-state index in [-0.39, 0.29) is 42.6 Å². The highest BCUT2D eigenvalue weighted by Gasteiger charge is 2.34. The first-order chi connectivity index (χ1) is 36.0. The van der Waals surface area contributed by atoms with Crippen molar-refractivity contribution in [2.24, 2.45) is 23.3 Å². The lowest BCUT2D eigenvalue weighted by molar-refractivity contribution is -0.146. The maximum absolute atomic E-state index is 11.6. The molecule has 0 heterocycles. The van der Waals surface area contributed by atoms with E-state index in [1.807, 2.05) is 19.1 Å². The van der Waals surface area contributed by atoms with Gasteiger partial charge in [0.25, 0.3) is 20.2 Å². The SMILES string of the molecule is C=CCCC(=O)C(CC)CCC=C.C=CCCC(CC)C(=O)OC.C=CCN.C=CCN.CCC(=O)OC.CCC(=O)OC.CCC(C(=O)OC)S(=O)(=O)O.CCC(C(=O)OS(=O)(=O)OC)S(=O)(=O)O.O=S(=O)=O.O=S(=O)=O. The van der Waals surface area contributed by atoms with Crippen LogP contribution in [0.2, 0.25) is 0 Å². The van der Waals surface area contributed by atoms with Gasteiger partial charge >= 0.3 is 61.5 Å². The van der Waals surface area contributed by atoms with E-state index in [0.29, 0.717) is 38.1 Å². The molecule has 0 spiro atoms. The molecular weight excluding hydrogens is 1140 g/mol. The Morgan fingerprint density at radius 1 is 0.487 bits per heavy atom. The molecule has 0 aliphatic heterocycles. The monoisotopic (exact) mass is 1230 g/mol. The molecule has 0 aromatic rings. The number of carbonyl (C=O) groups excluding carboxylic acids is 6. The maximum Gasteiger partial charge on any atom is 0.451 e. The Hall–Kier alpha value is -5.39. The minimum absolute atomic E-state index is 0.00546. The van der Waals surface area contributed by atoms with Crippen LogP contribution in [0.1, 0.15) is 119 Å². The fraction of sp³-hybridized carbons (Fsp3) is 0.644. The average Bonchev–Trinajstić information content (AvgIpc) is 3.37. The number of hydrogen-bond acceptors (Lipinski definition) is 26. The molecule has 0 aliphatic rings. The van der Waals surface area contributed by atoms with Crippen molar-refractivity contribution in [2.75, 3.05) is 48.6 Å². The predicted molar refractivity (Wildman–Crippen MR) is 291 cm³/mol. The third-order valence-corrected chi connectivity index (χ3v) is 11.2. The number of esters is 4. The van der Waals surface area contributed by atoms with Crippen LogP contribution in [0.25, 0.3) is 0 Å². The zero-order chi connectivity index (χ0) is 64.1. The van der Waals surface area contributed by atoms with Crippen LogP contribution < -0.4 is 11.5 Å². The van der Waals surface area contributed by atoms with Crippen molar-refractivity contribution in [3.05, 3.63) is 63.3 Å². The summed E-state index contributed by atoms with van der Waals surface area (Å²) in [6.45, 7) is 29.0. The van der Waals surface area contributed by atoms with Gasteiger partial charge < -0.3 is 34.6 Å². The van der Waals surface area contributed by atoms with Gasteiger partial charge in [-0.15, -0.1) is 58.1 Å². The molecule has 33 heteroatoms. The molecule has 462 valence electrons. The molecule has 0 aliphatic carbocycles. The fourth-order valence-corrected chi connectivity index (χ4v) is 5.86. The van der Waals surface area contributed by atoms with Gasteiger partial charge in [-0.25, -0.2) is 8.98 Å². The van der Waals surface area contributed by atoms with Crippen LogP contribution in [-0.2, 0) is 108 Å². The van der Waals surface area contributed by atoms with E-state index in [1.165, 1.54) is 35.2 Å². The van der Waals surface area contributed by atoms with Gasteiger partial charge in [0.1, 0.15) is 5.78 Å². The van der Waals surface area contributed by atoms with E-state index in [1.54, 1.807) is 32.1 Å². The molecule has 4 atom stereocenters. The molecule has 0 amide bonds. The molecular formula is C45H86N2O26S5. The number of rotatable bonds is 25. The van der Waals surface area contributed by atoms with Gasteiger partial charge in [0.15, 0.2) is 10.5 Å². The van der Waals surface area contributed by atoms with Crippen molar-refractivity contribution < 1.29 is 116 Å². The molecule has 6 N–H and O–H groups in total. The average molecular weight is 1230 g/mol. The molecule has 0 rings (SSSR count). The Bertz CT molecular complexity index is 2140. The Kier molecular flexibility index (Phi) is 80.2. The molecule has 0 bridgehead atoms. The first-order valence-electron chi connectivity index (χ1n) is 22.8. The molecule has 0 radical (unpaired) electrons. The third-order valence-electron chi connectivity index (χ3n) is 7.95. The summed E-state index contributed by atoms with van der Waals surface area (Å²) in [6, 6.07) is 0. The molecule has 4 unspecified atom stereocenters. The van der Waals surface area contributed by atoms with Crippen molar-refractivity contribution in [1.29, 1.82) is 0 Å². The van der Waals surface area contributed by atoms with Crippen LogP contribution >= 0.6 is 0 Å². The van der Waals surface area contributed by atoms with Crippen LogP contribution in [-0.4, -0.2) is 154 Å². The summed E-state index contributed by atoms with van der Waals surface area (Å²) in [4.78, 5) is 64.1. The van der Waals surface area contributed by atoms with E-state index in [0.717, 1.165) is 59.2 Å². The van der Waals surface area contributed by atoms with Crippen LogP contribution in [0.5, 0.6) is 0 Å². The highest BCUT2D eigenvalue weighted by atomic mass is 32.3. The van der Waals surface area contributed by atoms with Crippen molar-refractivity contribution in [3.63, 3.8) is 0 Å². The number of ketones is 1. The Morgan fingerprint density at radius 2 is 0.782 bits per heavy atom. The van der Waals surface area contributed by atoms with Crippen molar-refractivity contribution in [2.45, 2.75) is 129 Å². The number of hydrogen-bond donors (Lipinski definition) is 4. The molecule has 0 fully saturated rings. The Labute approximate surface area is 465 Å². The smallest absolute Gasteiger partial charge is 0.451 e. The number of Topliss-reactive ketones (excluding diaryl/α,β-unsaturated/α-hetero) is 1. The minimum atomic E-state index is -4.69. The molecule has 0 saturated heterocycles. The van der Waals surface area contributed by atoms with E-state index >= 15 is 0 Å². The molecule has 0 aromatic carbocycles. The Morgan fingerprint density at radius 3 is 0.962 bits per heavy atom. The molecule has 78 heavy (non-hydrogen) atoms. The van der Waals surface area contributed by atoms with Gasteiger partial charge in [0, 0.05) is 38.3 Å². The van der Waals surface area contributed by atoms with Crippen LogP contribution in [0.4, 0.5) is 0 Å². The summed E-state index contributed by atoms with van der Waals surface area (Å²) < 4.78 is 156. The topological polar surface area (TPSA) is 455 Å². The maximum atomic E-state index is 11.6. The fourth-order valence-electron chi connectivity index (χ4n) is 3.94. The number of nitrogens with two attached hydrogens (primary N) is 2. The lowest BCUT2D eigenvalue weighted by atomic mass is 9.93. The molecule has 0 saturated carbocycles. The van der Waals surface area contributed by atoms with Gasteiger partial charge in [0.2, 0.25) is 0 Å². The molecule has 0 aromatic heterocycles. The first kappa shape index (κ1) is 95.0. The number of ether oxygens (including phenoxy) is 4. The number of allylic oxidation sites excluding steroid dienone is 3. The Balaban J connectivity index is -0.0000000855. The summed E-state index contributed by atoms with van der Waals surface area (Å²) in [5, 5.41) is -3.39. The summed E-state index contributed by atoms with van der Waals surface area (Å²) in [5.74, 6) is -2.29. The number of methoxy groups -OCH3 is 4. The first-order valence-corrected chi connectivity index (χ1v) is 29.1. The van der Waals surface area contributed by atoms with Crippen LogP contribution in [0.15, 0.2) is 63.3 Å². The second-order valence-electron chi connectivity index (χ2n) is 13.4. The van der Waals surface area contributed by atoms with E-state index in [4.69, 9.17) is 45.8 Å². The van der Waals surface area contributed by atoms with Gasteiger partial charge in [-0.1, -0.05) is 71.9 Å². The van der Waals surface area contributed by atoms with E-state index in [2.05, 4.69) is 67.1 Å².